The summed E-state index contributed by atoms with van der Waals surface area (Å²) in [5, 5.41) is 8.37. The largest absolute Gasteiger partial charge is 0.365 e. The van der Waals surface area contributed by atoms with Crippen LogP contribution in [0.1, 0.15) is 15.9 Å². The zero-order valence-electron chi connectivity index (χ0n) is 12.0. The summed E-state index contributed by atoms with van der Waals surface area (Å²) in [7, 11) is -3.48. The van der Waals surface area contributed by atoms with Crippen molar-refractivity contribution in [1.82, 2.24) is 4.57 Å². The van der Waals surface area contributed by atoms with E-state index in [1.165, 1.54) is 29.0 Å². The standard InChI is InChI=1S/C14H13Cl2N3O3S/c1-23(21,22)12-4-8(2-3-11(12)16)6-19-7-9(15)5-10(13(19)17)14(18)20/h2-5,7,17H,6H2,1H3,(H2,18,20). The fraction of sp³-hybridized carbons (Fsp3) is 0.143. The molecule has 0 aliphatic rings. The van der Waals surface area contributed by atoms with Gasteiger partial charge in [0.1, 0.15) is 5.49 Å². The molecule has 1 aromatic heterocycles. The Morgan fingerprint density at radius 1 is 1.30 bits per heavy atom. The second kappa shape index (κ2) is 6.35. The van der Waals surface area contributed by atoms with Gasteiger partial charge in [-0.15, -0.1) is 0 Å². The molecule has 0 bridgehead atoms. The first-order valence-electron chi connectivity index (χ1n) is 6.32. The summed E-state index contributed by atoms with van der Waals surface area (Å²) in [4.78, 5) is 11.3. The van der Waals surface area contributed by atoms with Crippen LogP contribution in [-0.4, -0.2) is 25.1 Å². The SMILES string of the molecule is CS(=O)(=O)c1cc(Cn2cc(Cl)cc(C(N)=O)c2=N)ccc1Cl. The minimum absolute atomic E-state index is 0.000880. The van der Waals surface area contributed by atoms with E-state index >= 15 is 0 Å². The lowest BCUT2D eigenvalue weighted by Crippen LogP contribution is -2.29. The van der Waals surface area contributed by atoms with E-state index in [4.69, 9.17) is 34.3 Å². The third-order valence-corrected chi connectivity index (χ3v) is 4.90. The Morgan fingerprint density at radius 2 is 1.96 bits per heavy atom. The highest BCUT2D eigenvalue weighted by atomic mass is 35.5. The summed E-state index contributed by atoms with van der Waals surface area (Å²) in [5.41, 5.74) is 5.68. The molecule has 0 atom stereocenters. The first kappa shape index (κ1) is 17.5. The normalized spacial score (nSPS) is 11.4. The van der Waals surface area contributed by atoms with E-state index in [0.717, 1.165) is 6.26 Å². The second-order valence-electron chi connectivity index (χ2n) is 4.95. The lowest BCUT2D eigenvalue weighted by Gasteiger charge is -2.11. The van der Waals surface area contributed by atoms with Crippen molar-refractivity contribution in [2.75, 3.05) is 6.26 Å². The van der Waals surface area contributed by atoms with Gasteiger partial charge >= 0.3 is 0 Å². The molecule has 0 unspecified atom stereocenters. The van der Waals surface area contributed by atoms with E-state index in [2.05, 4.69) is 0 Å². The molecule has 0 radical (unpaired) electrons. The van der Waals surface area contributed by atoms with Crippen LogP contribution < -0.4 is 11.2 Å². The number of nitrogens with one attached hydrogen (secondary N) is 1. The smallest absolute Gasteiger partial charge is 0.252 e. The van der Waals surface area contributed by atoms with Gasteiger partial charge < -0.3 is 10.3 Å². The topological polar surface area (TPSA) is 106 Å². The summed E-state index contributed by atoms with van der Waals surface area (Å²) in [6.45, 7) is 0.138. The molecule has 1 amide bonds. The zero-order chi connectivity index (χ0) is 17.4. The molecule has 2 rings (SSSR count). The van der Waals surface area contributed by atoms with Crippen molar-refractivity contribution in [2.24, 2.45) is 5.73 Å². The number of carbonyl (C=O) groups excluding carboxylic acids is 1. The van der Waals surface area contributed by atoms with E-state index in [0.29, 0.717) is 5.56 Å². The number of aromatic nitrogens is 1. The van der Waals surface area contributed by atoms with Gasteiger partial charge in [-0.2, -0.15) is 0 Å². The summed E-state index contributed by atoms with van der Waals surface area (Å²) < 4.78 is 24.8. The number of nitrogens with zero attached hydrogens (tertiary/aromatic N) is 1. The highest BCUT2D eigenvalue weighted by Crippen LogP contribution is 2.23. The zero-order valence-corrected chi connectivity index (χ0v) is 14.3. The van der Waals surface area contributed by atoms with Crippen molar-refractivity contribution in [3.05, 3.63) is 57.1 Å². The number of carbonyl (C=O) groups is 1. The van der Waals surface area contributed by atoms with E-state index in [9.17, 15) is 13.2 Å². The number of amides is 1. The van der Waals surface area contributed by atoms with Crippen molar-refractivity contribution in [2.45, 2.75) is 11.4 Å². The van der Waals surface area contributed by atoms with Gasteiger partial charge in [-0.05, 0) is 23.8 Å². The fourth-order valence-electron chi connectivity index (χ4n) is 2.05. The molecule has 0 fully saturated rings. The van der Waals surface area contributed by atoms with Gasteiger partial charge in [0.2, 0.25) is 0 Å². The lowest BCUT2D eigenvalue weighted by atomic mass is 10.2. The summed E-state index contributed by atoms with van der Waals surface area (Å²) in [5.74, 6) is -0.765. The van der Waals surface area contributed by atoms with Gasteiger partial charge in [0.05, 0.1) is 20.5 Å². The van der Waals surface area contributed by atoms with Crippen LogP contribution in [-0.2, 0) is 16.4 Å². The van der Waals surface area contributed by atoms with Crippen molar-refractivity contribution in [3.8, 4) is 0 Å². The molecule has 2 aromatic rings. The molecular weight excluding hydrogens is 361 g/mol. The average molecular weight is 374 g/mol. The number of benzene rings is 1. The van der Waals surface area contributed by atoms with E-state index in [-0.39, 0.29) is 32.5 Å². The molecule has 6 nitrogen and oxygen atoms in total. The molecule has 23 heavy (non-hydrogen) atoms. The highest BCUT2D eigenvalue weighted by molar-refractivity contribution is 7.90. The summed E-state index contributed by atoms with van der Waals surface area (Å²) in [6.07, 6.45) is 2.52. The molecule has 0 saturated carbocycles. The Kier molecular flexibility index (Phi) is 4.84. The van der Waals surface area contributed by atoms with Gasteiger partial charge in [0, 0.05) is 19.0 Å². The maximum Gasteiger partial charge on any atom is 0.252 e. The molecule has 1 aromatic carbocycles. The highest BCUT2D eigenvalue weighted by Gasteiger charge is 2.14. The first-order valence-corrected chi connectivity index (χ1v) is 8.97. The Labute approximate surface area is 142 Å². The van der Waals surface area contributed by atoms with Crippen LogP contribution >= 0.6 is 23.2 Å². The number of rotatable bonds is 4. The number of sulfone groups is 1. The molecule has 122 valence electrons. The summed E-state index contributed by atoms with van der Waals surface area (Å²) >= 11 is 11.8. The maximum atomic E-state index is 11.7. The predicted octanol–water partition coefficient (Wildman–Crippen LogP) is 1.83. The third-order valence-electron chi connectivity index (χ3n) is 3.12. The van der Waals surface area contributed by atoms with Gasteiger partial charge in [-0.3, -0.25) is 10.2 Å². The Morgan fingerprint density at radius 3 is 2.52 bits per heavy atom. The van der Waals surface area contributed by atoms with E-state index in [1.807, 2.05) is 0 Å². The second-order valence-corrected chi connectivity index (χ2v) is 7.78. The Balaban J connectivity index is 2.53. The van der Waals surface area contributed by atoms with Crippen LogP contribution in [0.25, 0.3) is 0 Å². The van der Waals surface area contributed by atoms with Crippen LogP contribution in [0.4, 0.5) is 0 Å². The van der Waals surface area contributed by atoms with Crippen LogP contribution in [0.2, 0.25) is 10.0 Å². The number of primary amides is 1. The molecule has 9 heteroatoms. The predicted molar refractivity (Wildman–Crippen MR) is 87.5 cm³/mol. The summed E-state index contributed by atoms with van der Waals surface area (Å²) in [6, 6.07) is 5.84. The number of hydrogen-bond acceptors (Lipinski definition) is 4. The lowest BCUT2D eigenvalue weighted by molar-refractivity contribution is 0.0997. The van der Waals surface area contributed by atoms with Gasteiger partial charge in [0.15, 0.2) is 9.84 Å². The van der Waals surface area contributed by atoms with Gasteiger partial charge in [-0.25, -0.2) is 8.42 Å². The van der Waals surface area contributed by atoms with Crippen molar-refractivity contribution >= 4 is 38.9 Å². The van der Waals surface area contributed by atoms with Crippen LogP contribution in [0.3, 0.4) is 0 Å². The molecule has 0 aliphatic carbocycles. The molecule has 0 saturated heterocycles. The Hall–Kier alpha value is -1.83. The first-order chi connectivity index (χ1) is 10.6. The van der Waals surface area contributed by atoms with Crippen LogP contribution in [0, 0.1) is 5.41 Å². The third kappa shape index (κ3) is 3.93. The molecule has 3 N–H and O–H groups in total. The molecule has 0 aliphatic heterocycles. The molecule has 1 heterocycles. The van der Waals surface area contributed by atoms with Gasteiger partial charge in [0.25, 0.3) is 5.91 Å². The monoisotopic (exact) mass is 373 g/mol. The molecular formula is C14H13Cl2N3O3S. The number of halogens is 2. The number of nitrogens with two attached hydrogens (primary N) is 1. The number of hydrogen-bond donors (Lipinski definition) is 2. The van der Waals surface area contributed by atoms with Crippen LogP contribution in [0.5, 0.6) is 0 Å². The minimum Gasteiger partial charge on any atom is -0.365 e. The van der Waals surface area contributed by atoms with Crippen LogP contribution in [0.15, 0.2) is 35.4 Å². The van der Waals surface area contributed by atoms with Crippen molar-refractivity contribution < 1.29 is 13.2 Å². The average Bonchev–Trinajstić information content (AvgIpc) is 2.43. The van der Waals surface area contributed by atoms with E-state index < -0.39 is 15.7 Å². The fourth-order valence-corrected chi connectivity index (χ4v) is 3.60. The Bertz CT molecular complexity index is 952. The van der Waals surface area contributed by atoms with Crippen molar-refractivity contribution in [3.63, 3.8) is 0 Å². The quantitative estimate of drug-likeness (QED) is 0.853. The van der Waals surface area contributed by atoms with E-state index in [1.54, 1.807) is 6.07 Å². The minimum atomic E-state index is -3.48. The number of pyridine rings is 1. The van der Waals surface area contributed by atoms with Gasteiger partial charge in [-0.1, -0.05) is 29.3 Å². The van der Waals surface area contributed by atoms with Crippen molar-refractivity contribution in [1.29, 1.82) is 5.41 Å². The molecule has 0 spiro atoms. The maximum absolute atomic E-state index is 11.7.